The van der Waals surface area contributed by atoms with Crippen molar-refractivity contribution in [3.8, 4) is 0 Å². The van der Waals surface area contributed by atoms with E-state index in [2.05, 4.69) is 16.0 Å². The van der Waals surface area contributed by atoms with E-state index in [0.29, 0.717) is 35.5 Å². The third kappa shape index (κ3) is 5.17. The Morgan fingerprint density at radius 3 is 2.38 bits per heavy atom. The molecule has 0 bridgehead atoms. The van der Waals surface area contributed by atoms with Gasteiger partial charge in [0, 0.05) is 24.2 Å². The summed E-state index contributed by atoms with van der Waals surface area (Å²) in [4.78, 5) is 36.3. The van der Waals surface area contributed by atoms with E-state index in [1.165, 1.54) is 0 Å². The summed E-state index contributed by atoms with van der Waals surface area (Å²) in [6, 6.07) is 13.5. The van der Waals surface area contributed by atoms with Crippen molar-refractivity contribution < 1.29 is 14.4 Å². The minimum atomic E-state index is -0.353. The van der Waals surface area contributed by atoms with Gasteiger partial charge in [-0.05, 0) is 36.8 Å². The zero-order chi connectivity index (χ0) is 18.9. The van der Waals surface area contributed by atoms with Crippen molar-refractivity contribution in [3.63, 3.8) is 0 Å². The molecule has 0 aliphatic rings. The van der Waals surface area contributed by atoms with Crippen LogP contribution < -0.4 is 16.0 Å². The number of benzene rings is 2. The normalized spacial score (nSPS) is 10.1. The van der Waals surface area contributed by atoms with Crippen LogP contribution in [-0.2, 0) is 4.79 Å². The van der Waals surface area contributed by atoms with Gasteiger partial charge in [0.25, 0.3) is 11.8 Å². The van der Waals surface area contributed by atoms with E-state index in [9.17, 15) is 14.4 Å². The van der Waals surface area contributed by atoms with Crippen molar-refractivity contribution in [2.75, 3.05) is 17.2 Å². The van der Waals surface area contributed by atoms with E-state index in [1.54, 1.807) is 55.5 Å². The number of anilines is 2. The first-order valence-corrected chi connectivity index (χ1v) is 8.63. The van der Waals surface area contributed by atoms with Gasteiger partial charge in [-0.1, -0.05) is 32.0 Å². The summed E-state index contributed by atoms with van der Waals surface area (Å²) in [6.45, 7) is 4.30. The monoisotopic (exact) mass is 353 g/mol. The van der Waals surface area contributed by atoms with Gasteiger partial charge in [-0.2, -0.15) is 0 Å². The predicted octanol–water partition coefficient (Wildman–Crippen LogP) is 3.43. The highest BCUT2D eigenvalue weighted by molar-refractivity contribution is 6.09. The average molecular weight is 353 g/mol. The lowest BCUT2D eigenvalue weighted by Gasteiger charge is -2.12. The Morgan fingerprint density at radius 1 is 0.885 bits per heavy atom. The molecule has 0 spiro atoms. The van der Waals surface area contributed by atoms with Crippen LogP contribution in [0.1, 0.15) is 47.4 Å². The van der Waals surface area contributed by atoms with Gasteiger partial charge in [0.1, 0.15) is 0 Å². The molecule has 0 aromatic heterocycles. The molecule has 2 rings (SSSR count). The Bertz CT molecular complexity index is 802. The lowest BCUT2D eigenvalue weighted by Crippen LogP contribution is -2.25. The van der Waals surface area contributed by atoms with E-state index in [0.717, 1.165) is 6.42 Å². The first-order chi connectivity index (χ1) is 12.5. The summed E-state index contributed by atoms with van der Waals surface area (Å²) in [5.74, 6) is -0.708. The third-order valence-electron chi connectivity index (χ3n) is 3.69. The number of nitrogens with one attached hydrogen (secondary N) is 3. The van der Waals surface area contributed by atoms with Crippen molar-refractivity contribution in [2.45, 2.75) is 26.7 Å². The minimum Gasteiger partial charge on any atom is -0.352 e. The average Bonchev–Trinajstić information content (AvgIpc) is 2.66. The molecule has 26 heavy (non-hydrogen) atoms. The van der Waals surface area contributed by atoms with Crippen molar-refractivity contribution in [1.29, 1.82) is 0 Å². The number of carbonyl (C=O) groups excluding carboxylic acids is 3. The maximum absolute atomic E-state index is 12.6. The Labute approximate surface area is 153 Å². The molecule has 0 aliphatic heterocycles. The number of rotatable bonds is 7. The van der Waals surface area contributed by atoms with Crippen molar-refractivity contribution >= 4 is 29.1 Å². The second-order valence-corrected chi connectivity index (χ2v) is 5.74. The summed E-state index contributed by atoms with van der Waals surface area (Å²) in [5.41, 5.74) is 1.79. The molecule has 0 atom stereocenters. The highest BCUT2D eigenvalue weighted by atomic mass is 16.2. The Balaban J connectivity index is 2.16. The Kier molecular flexibility index (Phi) is 6.91. The highest BCUT2D eigenvalue weighted by Gasteiger charge is 2.14. The summed E-state index contributed by atoms with van der Waals surface area (Å²) >= 11 is 0. The first kappa shape index (κ1) is 19.2. The lowest BCUT2D eigenvalue weighted by molar-refractivity contribution is -0.115. The molecular formula is C20H23N3O3. The fourth-order valence-corrected chi connectivity index (χ4v) is 2.31. The zero-order valence-electron chi connectivity index (χ0n) is 15.0. The molecule has 0 saturated carbocycles. The molecule has 0 fully saturated rings. The van der Waals surface area contributed by atoms with Gasteiger partial charge in [0.15, 0.2) is 0 Å². The molecule has 3 amide bonds. The van der Waals surface area contributed by atoms with E-state index < -0.39 is 0 Å². The molecular weight excluding hydrogens is 330 g/mol. The van der Waals surface area contributed by atoms with E-state index in [1.807, 2.05) is 6.92 Å². The third-order valence-corrected chi connectivity index (χ3v) is 3.69. The molecule has 0 heterocycles. The van der Waals surface area contributed by atoms with Crippen molar-refractivity contribution in [2.24, 2.45) is 0 Å². The maximum atomic E-state index is 12.6. The summed E-state index contributed by atoms with van der Waals surface area (Å²) < 4.78 is 0. The molecule has 6 nitrogen and oxygen atoms in total. The highest BCUT2D eigenvalue weighted by Crippen LogP contribution is 2.18. The second-order valence-electron chi connectivity index (χ2n) is 5.74. The number of para-hydroxylation sites is 1. The van der Waals surface area contributed by atoms with Gasteiger partial charge < -0.3 is 16.0 Å². The number of carbonyl (C=O) groups is 3. The fourth-order valence-electron chi connectivity index (χ4n) is 2.31. The molecule has 0 radical (unpaired) electrons. The fraction of sp³-hybridized carbons (Fsp3) is 0.250. The SMILES string of the molecule is CCCNC(=O)c1ccccc1NC(=O)c1cccc(NC(=O)CC)c1. The largest absolute Gasteiger partial charge is 0.352 e. The molecule has 0 unspecified atom stereocenters. The molecule has 6 heteroatoms. The second kappa shape index (κ2) is 9.36. The zero-order valence-corrected chi connectivity index (χ0v) is 15.0. The molecule has 136 valence electrons. The summed E-state index contributed by atoms with van der Waals surface area (Å²) in [7, 11) is 0. The molecule has 0 aliphatic carbocycles. The molecule has 0 saturated heterocycles. The van der Waals surface area contributed by atoms with Gasteiger partial charge in [-0.25, -0.2) is 0 Å². The van der Waals surface area contributed by atoms with Crippen LogP contribution in [0.15, 0.2) is 48.5 Å². The van der Waals surface area contributed by atoms with E-state index >= 15 is 0 Å². The smallest absolute Gasteiger partial charge is 0.255 e. The standard InChI is InChI=1S/C20H23N3O3/c1-3-12-21-20(26)16-10-5-6-11-17(16)23-19(25)14-8-7-9-15(13-14)22-18(24)4-2/h5-11,13H,3-4,12H2,1-2H3,(H,21,26)(H,22,24)(H,23,25). The number of hydrogen-bond acceptors (Lipinski definition) is 3. The quantitative estimate of drug-likeness (QED) is 0.713. The molecule has 2 aromatic carbocycles. The lowest BCUT2D eigenvalue weighted by atomic mass is 10.1. The van der Waals surface area contributed by atoms with Gasteiger partial charge in [-0.3, -0.25) is 14.4 Å². The van der Waals surface area contributed by atoms with E-state index in [4.69, 9.17) is 0 Å². The van der Waals surface area contributed by atoms with E-state index in [-0.39, 0.29) is 17.7 Å². The minimum absolute atomic E-state index is 0.125. The van der Waals surface area contributed by atoms with Crippen molar-refractivity contribution in [1.82, 2.24) is 5.32 Å². The van der Waals surface area contributed by atoms with Crippen LogP contribution in [0.2, 0.25) is 0 Å². The summed E-state index contributed by atoms with van der Waals surface area (Å²) in [5, 5.41) is 8.29. The molecule has 3 N–H and O–H groups in total. The van der Waals surface area contributed by atoms with Crippen LogP contribution in [0.4, 0.5) is 11.4 Å². The van der Waals surface area contributed by atoms with Crippen LogP contribution in [0.5, 0.6) is 0 Å². The number of hydrogen-bond donors (Lipinski definition) is 3. The Hall–Kier alpha value is -3.15. The van der Waals surface area contributed by atoms with Crippen LogP contribution in [0.3, 0.4) is 0 Å². The van der Waals surface area contributed by atoms with Crippen molar-refractivity contribution in [3.05, 3.63) is 59.7 Å². The van der Waals surface area contributed by atoms with Crippen LogP contribution >= 0.6 is 0 Å². The molecule has 2 aromatic rings. The predicted molar refractivity (Wildman–Crippen MR) is 102 cm³/mol. The maximum Gasteiger partial charge on any atom is 0.255 e. The first-order valence-electron chi connectivity index (χ1n) is 8.63. The van der Waals surface area contributed by atoms with Gasteiger partial charge in [0.2, 0.25) is 5.91 Å². The summed E-state index contributed by atoms with van der Waals surface area (Å²) in [6.07, 6.45) is 1.19. The van der Waals surface area contributed by atoms with Crippen LogP contribution in [-0.4, -0.2) is 24.3 Å². The number of amides is 3. The topological polar surface area (TPSA) is 87.3 Å². The van der Waals surface area contributed by atoms with Gasteiger partial charge >= 0.3 is 0 Å². The van der Waals surface area contributed by atoms with Gasteiger partial charge in [-0.15, -0.1) is 0 Å². The Morgan fingerprint density at radius 2 is 1.65 bits per heavy atom. The van der Waals surface area contributed by atoms with Crippen LogP contribution in [0.25, 0.3) is 0 Å². The van der Waals surface area contributed by atoms with Crippen LogP contribution in [0, 0.1) is 0 Å². The van der Waals surface area contributed by atoms with Gasteiger partial charge in [0.05, 0.1) is 11.3 Å².